The second kappa shape index (κ2) is 5.37. The Labute approximate surface area is 116 Å². The van der Waals surface area contributed by atoms with Crippen LogP contribution in [-0.4, -0.2) is 21.0 Å². The molecule has 98 valence electrons. The zero-order valence-electron chi connectivity index (χ0n) is 9.69. The van der Waals surface area contributed by atoms with Gasteiger partial charge >= 0.3 is 5.97 Å². The van der Waals surface area contributed by atoms with Crippen molar-refractivity contribution >= 4 is 34.8 Å². The summed E-state index contributed by atoms with van der Waals surface area (Å²) in [6, 6.07) is 6.03. The monoisotopic (exact) mass is 296 g/mol. The SMILES string of the molecule is Cc1nc(Sc2ccc([N+](=O)[O-])cc2)sc1C(=O)O. The molecule has 1 N–H and O–H groups in total. The lowest BCUT2D eigenvalue weighted by Crippen LogP contribution is -1.94. The van der Waals surface area contributed by atoms with Gasteiger partial charge in [-0.2, -0.15) is 0 Å². The largest absolute Gasteiger partial charge is 0.477 e. The van der Waals surface area contributed by atoms with Crippen LogP contribution in [0.1, 0.15) is 15.4 Å². The highest BCUT2D eigenvalue weighted by Gasteiger charge is 2.15. The van der Waals surface area contributed by atoms with Gasteiger partial charge in [-0.1, -0.05) is 11.8 Å². The van der Waals surface area contributed by atoms with Gasteiger partial charge in [-0.3, -0.25) is 10.1 Å². The van der Waals surface area contributed by atoms with Crippen LogP contribution in [-0.2, 0) is 0 Å². The molecule has 6 nitrogen and oxygen atoms in total. The fourth-order valence-corrected chi connectivity index (χ4v) is 3.35. The van der Waals surface area contributed by atoms with Crippen LogP contribution >= 0.6 is 23.1 Å². The van der Waals surface area contributed by atoms with Gasteiger partial charge in [-0.05, 0) is 19.1 Å². The minimum atomic E-state index is -0.995. The Morgan fingerprint density at radius 1 is 1.42 bits per heavy atom. The number of thiazole rings is 1. The molecule has 2 aromatic rings. The molecule has 0 aliphatic carbocycles. The van der Waals surface area contributed by atoms with E-state index in [0.717, 1.165) is 16.2 Å². The first-order chi connectivity index (χ1) is 8.97. The van der Waals surface area contributed by atoms with Crippen molar-refractivity contribution in [1.29, 1.82) is 0 Å². The number of nitro groups is 1. The van der Waals surface area contributed by atoms with Crippen molar-refractivity contribution in [2.24, 2.45) is 0 Å². The Morgan fingerprint density at radius 2 is 2.05 bits per heavy atom. The van der Waals surface area contributed by atoms with E-state index in [1.165, 1.54) is 23.9 Å². The molecule has 0 spiro atoms. The molecule has 0 aliphatic rings. The summed E-state index contributed by atoms with van der Waals surface area (Å²) in [6.07, 6.45) is 0. The summed E-state index contributed by atoms with van der Waals surface area (Å²) in [5.74, 6) is -0.995. The summed E-state index contributed by atoms with van der Waals surface area (Å²) >= 11 is 2.37. The Morgan fingerprint density at radius 3 is 2.53 bits per heavy atom. The van der Waals surface area contributed by atoms with Gasteiger partial charge in [0.05, 0.1) is 10.6 Å². The Balaban J connectivity index is 2.19. The lowest BCUT2D eigenvalue weighted by molar-refractivity contribution is -0.384. The van der Waals surface area contributed by atoms with E-state index in [4.69, 9.17) is 5.11 Å². The van der Waals surface area contributed by atoms with E-state index in [2.05, 4.69) is 4.98 Å². The first-order valence-corrected chi connectivity index (χ1v) is 6.73. The smallest absolute Gasteiger partial charge is 0.347 e. The van der Waals surface area contributed by atoms with Gasteiger partial charge in [-0.25, -0.2) is 9.78 Å². The topological polar surface area (TPSA) is 93.3 Å². The molecule has 1 aromatic carbocycles. The molecule has 0 aliphatic heterocycles. The molecule has 0 saturated carbocycles. The van der Waals surface area contributed by atoms with Crippen molar-refractivity contribution in [1.82, 2.24) is 4.98 Å². The molecular weight excluding hydrogens is 288 g/mol. The molecule has 19 heavy (non-hydrogen) atoms. The summed E-state index contributed by atoms with van der Waals surface area (Å²) in [5.41, 5.74) is 0.493. The first-order valence-electron chi connectivity index (χ1n) is 5.10. The highest BCUT2D eigenvalue weighted by atomic mass is 32.2. The maximum atomic E-state index is 10.9. The molecule has 0 bridgehead atoms. The maximum Gasteiger partial charge on any atom is 0.347 e. The number of nitro benzene ring substituents is 1. The summed E-state index contributed by atoms with van der Waals surface area (Å²) in [4.78, 5) is 26.1. The van der Waals surface area contributed by atoms with Gasteiger partial charge < -0.3 is 5.11 Å². The number of aryl methyl sites for hydroxylation is 1. The Bertz CT molecular complexity index is 637. The highest BCUT2D eigenvalue weighted by Crippen LogP contribution is 2.33. The molecule has 0 radical (unpaired) electrons. The zero-order chi connectivity index (χ0) is 14.0. The second-order valence-corrected chi connectivity index (χ2v) is 5.87. The molecule has 2 rings (SSSR count). The number of carbonyl (C=O) groups is 1. The number of aromatic carboxylic acids is 1. The predicted molar refractivity (Wildman–Crippen MR) is 71.0 cm³/mol. The lowest BCUT2D eigenvalue weighted by atomic mass is 10.3. The average Bonchev–Trinajstić information content (AvgIpc) is 2.71. The molecule has 8 heteroatoms. The Hall–Kier alpha value is -1.93. The summed E-state index contributed by atoms with van der Waals surface area (Å²) in [5, 5.41) is 19.4. The van der Waals surface area contributed by atoms with Gasteiger partial charge in [0, 0.05) is 17.0 Å². The standard InChI is InChI=1S/C11H8N2O4S2/c1-6-9(10(14)15)19-11(12-6)18-8-4-2-7(3-5-8)13(16)17/h2-5H,1H3,(H,14,15). The van der Waals surface area contributed by atoms with E-state index in [1.807, 2.05) is 0 Å². The van der Waals surface area contributed by atoms with E-state index in [-0.39, 0.29) is 10.6 Å². The van der Waals surface area contributed by atoms with Crippen LogP contribution in [0.2, 0.25) is 0 Å². The number of aromatic nitrogens is 1. The van der Waals surface area contributed by atoms with Crippen molar-refractivity contribution in [2.75, 3.05) is 0 Å². The zero-order valence-corrected chi connectivity index (χ0v) is 11.3. The van der Waals surface area contributed by atoms with Crippen molar-refractivity contribution in [3.8, 4) is 0 Å². The number of nitrogens with zero attached hydrogens (tertiary/aromatic N) is 2. The van der Waals surface area contributed by atoms with Crippen LogP contribution in [0.5, 0.6) is 0 Å². The normalized spacial score (nSPS) is 10.4. The molecule has 0 fully saturated rings. The summed E-state index contributed by atoms with van der Waals surface area (Å²) < 4.78 is 0.601. The number of rotatable bonds is 4. The van der Waals surface area contributed by atoms with Gasteiger partial charge in [0.15, 0.2) is 4.34 Å². The minimum Gasteiger partial charge on any atom is -0.477 e. The minimum absolute atomic E-state index is 0.0193. The molecule has 0 amide bonds. The second-order valence-electron chi connectivity index (χ2n) is 3.55. The Kier molecular flexibility index (Phi) is 3.82. The quantitative estimate of drug-likeness (QED) is 0.687. The van der Waals surface area contributed by atoms with E-state index in [0.29, 0.717) is 10.0 Å². The fraction of sp³-hybridized carbons (Fsp3) is 0.0909. The van der Waals surface area contributed by atoms with E-state index in [9.17, 15) is 14.9 Å². The van der Waals surface area contributed by atoms with Crippen molar-refractivity contribution in [2.45, 2.75) is 16.2 Å². The van der Waals surface area contributed by atoms with Gasteiger partial charge in [0.25, 0.3) is 5.69 Å². The highest BCUT2D eigenvalue weighted by molar-refractivity contribution is 8.01. The summed E-state index contributed by atoms with van der Waals surface area (Å²) in [7, 11) is 0. The average molecular weight is 296 g/mol. The summed E-state index contributed by atoms with van der Waals surface area (Å²) in [6.45, 7) is 1.64. The number of carboxylic acids is 1. The maximum absolute atomic E-state index is 10.9. The van der Waals surface area contributed by atoms with Crippen LogP contribution in [0, 0.1) is 17.0 Å². The fourth-order valence-electron chi connectivity index (χ4n) is 1.35. The van der Waals surface area contributed by atoms with E-state index in [1.54, 1.807) is 19.1 Å². The van der Waals surface area contributed by atoms with Crippen LogP contribution in [0.4, 0.5) is 5.69 Å². The molecule has 0 atom stereocenters. The van der Waals surface area contributed by atoms with Gasteiger partial charge in [0.1, 0.15) is 4.88 Å². The number of hydrogen-bond acceptors (Lipinski definition) is 6. The third-order valence-electron chi connectivity index (χ3n) is 2.22. The third-order valence-corrected chi connectivity index (χ3v) is 4.44. The van der Waals surface area contributed by atoms with Crippen molar-refractivity contribution < 1.29 is 14.8 Å². The van der Waals surface area contributed by atoms with Crippen LogP contribution in [0.25, 0.3) is 0 Å². The van der Waals surface area contributed by atoms with Crippen molar-refractivity contribution in [3.05, 3.63) is 45.0 Å². The van der Waals surface area contributed by atoms with Gasteiger partial charge in [0.2, 0.25) is 0 Å². The number of carboxylic acid groups (broad SMARTS) is 1. The van der Waals surface area contributed by atoms with Crippen LogP contribution < -0.4 is 0 Å². The molecule has 1 aromatic heterocycles. The van der Waals surface area contributed by atoms with Crippen molar-refractivity contribution in [3.63, 3.8) is 0 Å². The van der Waals surface area contributed by atoms with E-state index >= 15 is 0 Å². The van der Waals surface area contributed by atoms with E-state index < -0.39 is 10.9 Å². The number of non-ortho nitro benzene ring substituents is 1. The third kappa shape index (κ3) is 3.09. The predicted octanol–water partition coefficient (Wildman–Crippen LogP) is 3.21. The molecule has 0 unspecified atom stereocenters. The van der Waals surface area contributed by atoms with Gasteiger partial charge in [-0.15, -0.1) is 11.3 Å². The number of hydrogen-bond donors (Lipinski definition) is 1. The molecular formula is C11H8N2O4S2. The van der Waals surface area contributed by atoms with Crippen LogP contribution in [0.3, 0.4) is 0 Å². The first kappa shape index (κ1) is 13.5. The number of benzene rings is 1. The lowest BCUT2D eigenvalue weighted by Gasteiger charge is -1.96. The van der Waals surface area contributed by atoms with Crippen LogP contribution in [0.15, 0.2) is 33.5 Å². The molecule has 0 saturated heterocycles. The molecule has 1 heterocycles.